The molecule has 0 spiro atoms. The van der Waals surface area contributed by atoms with E-state index in [0.29, 0.717) is 18.9 Å². The highest BCUT2D eigenvalue weighted by Crippen LogP contribution is 2.27. The number of aryl methyl sites for hydroxylation is 1. The van der Waals surface area contributed by atoms with E-state index < -0.39 is 0 Å². The molecule has 5 nitrogen and oxygen atoms in total. The van der Waals surface area contributed by atoms with Crippen molar-refractivity contribution in [3.8, 4) is 0 Å². The molecule has 2 amide bonds. The molecule has 1 N–H and O–H groups in total. The Kier molecular flexibility index (Phi) is 4.18. The van der Waals surface area contributed by atoms with Gasteiger partial charge in [-0.3, -0.25) is 14.6 Å². The summed E-state index contributed by atoms with van der Waals surface area (Å²) in [6.45, 7) is 0.219. The van der Waals surface area contributed by atoms with Crippen molar-refractivity contribution in [1.29, 1.82) is 0 Å². The van der Waals surface area contributed by atoms with Crippen molar-refractivity contribution in [2.45, 2.75) is 50.6 Å². The minimum absolute atomic E-state index is 0.0124. The molecule has 0 aliphatic heterocycles. The lowest BCUT2D eigenvalue weighted by Gasteiger charge is -2.22. The summed E-state index contributed by atoms with van der Waals surface area (Å²) < 4.78 is 0. The quantitative estimate of drug-likeness (QED) is 0.822. The van der Waals surface area contributed by atoms with E-state index in [4.69, 9.17) is 0 Å². The van der Waals surface area contributed by atoms with Gasteiger partial charge < -0.3 is 10.2 Å². The van der Waals surface area contributed by atoms with Gasteiger partial charge in [0.05, 0.1) is 6.54 Å². The fourth-order valence-corrected chi connectivity index (χ4v) is 2.41. The van der Waals surface area contributed by atoms with E-state index in [1.54, 1.807) is 17.3 Å². The number of nitrogens with zero attached hydrogens (tertiary/aromatic N) is 2. The zero-order chi connectivity index (χ0) is 14.7. The van der Waals surface area contributed by atoms with Gasteiger partial charge in [0.1, 0.15) is 0 Å². The average molecular weight is 287 g/mol. The van der Waals surface area contributed by atoms with Crippen molar-refractivity contribution in [2.75, 3.05) is 6.54 Å². The predicted octanol–water partition coefficient (Wildman–Crippen LogP) is 1.28. The predicted molar refractivity (Wildman–Crippen MR) is 78.5 cm³/mol. The molecule has 0 radical (unpaired) electrons. The maximum atomic E-state index is 12.4. The summed E-state index contributed by atoms with van der Waals surface area (Å²) in [4.78, 5) is 30.0. The lowest BCUT2D eigenvalue weighted by Crippen LogP contribution is -2.42. The summed E-state index contributed by atoms with van der Waals surface area (Å²) in [6.07, 6.45) is 8.83. The van der Waals surface area contributed by atoms with E-state index in [9.17, 15) is 9.59 Å². The van der Waals surface area contributed by atoms with Crippen LogP contribution in [0.25, 0.3) is 0 Å². The van der Waals surface area contributed by atoms with Crippen molar-refractivity contribution in [3.05, 3.63) is 30.1 Å². The highest BCUT2D eigenvalue weighted by Gasteiger charge is 2.34. The van der Waals surface area contributed by atoms with E-state index >= 15 is 0 Å². The molecular weight excluding hydrogens is 266 g/mol. The van der Waals surface area contributed by atoms with Gasteiger partial charge in [-0.1, -0.05) is 0 Å². The van der Waals surface area contributed by atoms with Gasteiger partial charge in [-0.2, -0.15) is 0 Å². The van der Waals surface area contributed by atoms with E-state index in [-0.39, 0.29) is 24.4 Å². The van der Waals surface area contributed by atoms with Gasteiger partial charge in [0.25, 0.3) is 0 Å². The standard InChI is InChI=1S/C16H21N3O2/c20-15(18-13-2-3-13)11-19(14-4-5-14)16(21)6-1-12-7-9-17-10-8-12/h7-10,13-14H,1-6,11H2,(H,18,20). The maximum Gasteiger partial charge on any atom is 0.239 e. The number of hydrogen-bond acceptors (Lipinski definition) is 3. The number of carbonyl (C=O) groups excluding carboxylic acids is 2. The Hall–Kier alpha value is -1.91. The van der Waals surface area contributed by atoms with Crippen LogP contribution in [-0.2, 0) is 16.0 Å². The Balaban J connectivity index is 1.50. The molecule has 3 rings (SSSR count). The number of amides is 2. The monoisotopic (exact) mass is 287 g/mol. The first-order chi connectivity index (χ1) is 10.2. The van der Waals surface area contributed by atoms with Gasteiger partial charge in [-0.05, 0) is 49.8 Å². The van der Waals surface area contributed by atoms with Gasteiger partial charge in [0, 0.05) is 30.9 Å². The third-order valence-corrected chi connectivity index (χ3v) is 3.94. The highest BCUT2D eigenvalue weighted by atomic mass is 16.2. The summed E-state index contributed by atoms with van der Waals surface area (Å²) in [7, 11) is 0. The number of rotatable bonds is 7. The maximum absolute atomic E-state index is 12.4. The lowest BCUT2D eigenvalue weighted by molar-refractivity contribution is -0.136. The van der Waals surface area contributed by atoms with Crippen LogP contribution >= 0.6 is 0 Å². The number of nitrogens with one attached hydrogen (secondary N) is 1. The van der Waals surface area contributed by atoms with Crippen LogP contribution in [0, 0.1) is 0 Å². The minimum Gasteiger partial charge on any atom is -0.352 e. The third-order valence-electron chi connectivity index (χ3n) is 3.94. The first-order valence-electron chi connectivity index (χ1n) is 7.70. The van der Waals surface area contributed by atoms with Crippen LogP contribution in [0.1, 0.15) is 37.7 Å². The molecule has 21 heavy (non-hydrogen) atoms. The summed E-state index contributed by atoms with van der Waals surface area (Å²) >= 11 is 0. The van der Waals surface area contributed by atoms with Gasteiger partial charge >= 0.3 is 0 Å². The molecule has 2 aliphatic rings. The highest BCUT2D eigenvalue weighted by molar-refractivity contribution is 5.85. The van der Waals surface area contributed by atoms with E-state index in [1.807, 2.05) is 12.1 Å². The zero-order valence-corrected chi connectivity index (χ0v) is 12.1. The van der Waals surface area contributed by atoms with Gasteiger partial charge in [0.15, 0.2) is 0 Å². The molecule has 2 saturated carbocycles. The Morgan fingerprint density at radius 1 is 1.19 bits per heavy atom. The fraction of sp³-hybridized carbons (Fsp3) is 0.562. The fourth-order valence-electron chi connectivity index (χ4n) is 2.41. The average Bonchev–Trinajstić information content (AvgIpc) is 3.36. The smallest absolute Gasteiger partial charge is 0.239 e. The van der Waals surface area contributed by atoms with Crippen molar-refractivity contribution >= 4 is 11.8 Å². The molecule has 0 aromatic carbocycles. The molecule has 5 heteroatoms. The van der Waals surface area contributed by atoms with E-state index in [2.05, 4.69) is 10.3 Å². The summed E-state index contributed by atoms with van der Waals surface area (Å²) in [5.74, 6) is 0.0712. The minimum atomic E-state index is -0.0124. The van der Waals surface area contributed by atoms with Crippen LogP contribution in [0.3, 0.4) is 0 Å². The van der Waals surface area contributed by atoms with Gasteiger partial charge in [-0.25, -0.2) is 0 Å². The molecule has 2 aliphatic carbocycles. The molecule has 0 unspecified atom stereocenters. The molecular formula is C16H21N3O2. The molecule has 0 bridgehead atoms. The second-order valence-corrected chi connectivity index (χ2v) is 5.95. The largest absolute Gasteiger partial charge is 0.352 e. The summed E-state index contributed by atoms with van der Waals surface area (Å²) in [5, 5.41) is 2.95. The zero-order valence-electron chi connectivity index (χ0n) is 12.1. The number of hydrogen-bond donors (Lipinski definition) is 1. The van der Waals surface area contributed by atoms with Crippen LogP contribution < -0.4 is 5.32 Å². The Morgan fingerprint density at radius 2 is 1.90 bits per heavy atom. The number of aromatic nitrogens is 1. The lowest BCUT2D eigenvalue weighted by atomic mass is 10.1. The van der Waals surface area contributed by atoms with Gasteiger partial charge in [-0.15, -0.1) is 0 Å². The SMILES string of the molecule is O=C(CN(C(=O)CCc1ccncc1)C1CC1)NC1CC1. The van der Waals surface area contributed by atoms with Gasteiger partial charge in [0.2, 0.25) is 11.8 Å². The molecule has 0 saturated heterocycles. The Morgan fingerprint density at radius 3 is 2.52 bits per heavy atom. The van der Waals surface area contributed by atoms with Crippen LogP contribution in [0.5, 0.6) is 0 Å². The van der Waals surface area contributed by atoms with Crippen molar-refractivity contribution < 1.29 is 9.59 Å². The van der Waals surface area contributed by atoms with E-state index in [1.165, 1.54) is 0 Å². The molecule has 1 heterocycles. The van der Waals surface area contributed by atoms with Crippen molar-refractivity contribution in [1.82, 2.24) is 15.2 Å². The molecule has 0 atom stereocenters. The van der Waals surface area contributed by atoms with Crippen LogP contribution in [0.4, 0.5) is 0 Å². The molecule has 2 fully saturated rings. The Labute approximate surface area is 124 Å². The normalized spacial score (nSPS) is 17.3. The summed E-state index contributed by atoms with van der Waals surface area (Å²) in [6, 6.07) is 4.48. The van der Waals surface area contributed by atoms with Crippen LogP contribution in [0.2, 0.25) is 0 Å². The first kappa shape index (κ1) is 14.0. The molecule has 112 valence electrons. The Bertz CT molecular complexity index is 510. The number of pyridine rings is 1. The molecule has 1 aromatic heterocycles. The molecule has 1 aromatic rings. The van der Waals surface area contributed by atoms with Crippen LogP contribution in [0.15, 0.2) is 24.5 Å². The number of carbonyl (C=O) groups is 2. The topological polar surface area (TPSA) is 62.3 Å². The van der Waals surface area contributed by atoms with Crippen molar-refractivity contribution in [3.63, 3.8) is 0 Å². The van der Waals surface area contributed by atoms with Crippen LogP contribution in [-0.4, -0.2) is 40.3 Å². The second kappa shape index (κ2) is 6.24. The first-order valence-corrected chi connectivity index (χ1v) is 7.70. The summed E-state index contributed by atoms with van der Waals surface area (Å²) in [5.41, 5.74) is 1.11. The van der Waals surface area contributed by atoms with Crippen molar-refractivity contribution in [2.24, 2.45) is 0 Å². The third kappa shape index (κ3) is 4.28. The second-order valence-electron chi connectivity index (χ2n) is 5.95. The van der Waals surface area contributed by atoms with E-state index in [0.717, 1.165) is 31.2 Å².